The van der Waals surface area contributed by atoms with Gasteiger partial charge in [0.25, 0.3) is 0 Å². The van der Waals surface area contributed by atoms with Crippen LogP contribution in [0.4, 0.5) is 5.69 Å². The normalized spacial score (nSPS) is 15.6. The van der Waals surface area contributed by atoms with Gasteiger partial charge in [-0.15, -0.1) is 11.6 Å². The number of anilines is 1. The molecule has 1 aliphatic carbocycles. The largest absolute Gasteiger partial charge is 0.371 e. The second-order valence-electron chi connectivity index (χ2n) is 3.75. The first-order valence-electron chi connectivity index (χ1n) is 4.79. The second kappa shape index (κ2) is 4.00. The van der Waals surface area contributed by atoms with Crippen LogP contribution in [-0.2, 0) is 5.88 Å². The molecule has 76 valence electrons. The summed E-state index contributed by atoms with van der Waals surface area (Å²) < 4.78 is 0. The minimum absolute atomic E-state index is 0.545. The summed E-state index contributed by atoms with van der Waals surface area (Å²) >= 11 is 11.9. The highest BCUT2D eigenvalue weighted by atomic mass is 35.5. The molecule has 1 saturated carbocycles. The molecule has 0 amide bonds. The van der Waals surface area contributed by atoms with E-state index in [4.69, 9.17) is 23.2 Å². The van der Waals surface area contributed by atoms with Gasteiger partial charge in [-0.2, -0.15) is 0 Å². The molecule has 0 bridgehead atoms. The van der Waals surface area contributed by atoms with E-state index in [1.807, 2.05) is 18.2 Å². The molecule has 1 aromatic carbocycles. The van der Waals surface area contributed by atoms with E-state index in [0.717, 1.165) is 10.6 Å². The van der Waals surface area contributed by atoms with Crippen molar-refractivity contribution in [3.05, 3.63) is 28.8 Å². The molecule has 0 aromatic heterocycles. The Morgan fingerprint density at radius 2 is 2.14 bits per heavy atom. The summed E-state index contributed by atoms with van der Waals surface area (Å²) in [5.41, 5.74) is 2.33. The van der Waals surface area contributed by atoms with E-state index < -0.39 is 0 Å². The highest BCUT2D eigenvalue weighted by Crippen LogP contribution is 2.34. The minimum atomic E-state index is 0.545. The van der Waals surface area contributed by atoms with E-state index in [2.05, 4.69) is 11.9 Å². The quantitative estimate of drug-likeness (QED) is 0.716. The molecule has 1 nitrogen and oxygen atoms in total. The third kappa shape index (κ3) is 1.99. The van der Waals surface area contributed by atoms with E-state index in [9.17, 15) is 0 Å². The SMILES string of the molecule is CN(c1cc(Cl)ccc1CCl)C1CC1. The molecular formula is C11H13Cl2N. The zero-order chi connectivity index (χ0) is 10.1. The van der Waals surface area contributed by atoms with Crippen molar-refractivity contribution in [2.75, 3.05) is 11.9 Å². The summed E-state index contributed by atoms with van der Waals surface area (Å²) in [7, 11) is 2.11. The van der Waals surface area contributed by atoms with Gasteiger partial charge in [-0.3, -0.25) is 0 Å². The van der Waals surface area contributed by atoms with Gasteiger partial charge in [0.2, 0.25) is 0 Å². The Hall–Kier alpha value is -0.400. The zero-order valence-corrected chi connectivity index (χ0v) is 9.65. The summed E-state index contributed by atoms with van der Waals surface area (Å²) in [4.78, 5) is 2.28. The van der Waals surface area contributed by atoms with Crippen LogP contribution in [0.3, 0.4) is 0 Å². The van der Waals surface area contributed by atoms with Crippen LogP contribution in [0.25, 0.3) is 0 Å². The zero-order valence-electron chi connectivity index (χ0n) is 8.13. The third-order valence-corrected chi connectivity index (χ3v) is 3.19. The van der Waals surface area contributed by atoms with Crippen molar-refractivity contribution in [1.82, 2.24) is 0 Å². The van der Waals surface area contributed by atoms with Crippen LogP contribution < -0.4 is 4.90 Å². The van der Waals surface area contributed by atoms with Gasteiger partial charge in [0, 0.05) is 29.7 Å². The Labute approximate surface area is 94.6 Å². The summed E-state index contributed by atoms with van der Waals surface area (Å²) in [5, 5.41) is 0.779. The molecule has 2 rings (SSSR count). The van der Waals surface area contributed by atoms with Crippen molar-refractivity contribution in [3.63, 3.8) is 0 Å². The molecule has 1 fully saturated rings. The molecule has 0 atom stereocenters. The van der Waals surface area contributed by atoms with E-state index in [1.165, 1.54) is 18.5 Å². The fourth-order valence-corrected chi connectivity index (χ4v) is 2.03. The summed E-state index contributed by atoms with van der Waals surface area (Å²) in [6.07, 6.45) is 2.56. The molecule has 1 aromatic rings. The van der Waals surface area contributed by atoms with Crippen molar-refractivity contribution in [1.29, 1.82) is 0 Å². The number of hydrogen-bond acceptors (Lipinski definition) is 1. The Morgan fingerprint density at radius 1 is 1.43 bits per heavy atom. The van der Waals surface area contributed by atoms with Gasteiger partial charge in [0.15, 0.2) is 0 Å². The fraction of sp³-hybridized carbons (Fsp3) is 0.455. The van der Waals surface area contributed by atoms with E-state index in [-0.39, 0.29) is 0 Å². The van der Waals surface area contributed by atoms with Crippen molar-refractivity contribution in [2.24, 2.45) is 0 Å². The first-order valence-corrected chi connectivity index (χ1v) is 5.71. The van der Waals surface area contributed by atoms with Gasteiger partial charge >= 0.3 is 0 Å². The van der Waals surface area contributed by atoms with Crippen molar-refractivity contribution >= 4 is 28.9 Å². The monoisotopic (exact) mass is 229 g/mol. The van der Waals surface area contributed by atoms with Crippen LogP contribution >= 0.6 is 23.2 Å². The lowest BCUT2D eigenvalue weighted by molar-refractivity contribution is 0.910. The first-order chi connectivity index (χ1) is 6.72. The van der Waals surface area contributed by atoms with E-state index in [1.54, 1.807) is 0 Å². The molecule has 0 unspecified atom stereocenters. The third-order valence-electron chi connectivity index (χ3n) is 2.67. The van der Waals surface area contributed by atoms with E-state index in [0.29, 0.717) is 11.9 Å². The lowest BCUT2D eigenvalue weighted by Crippen LogP contribution is -2.20. The Bertz CT molecular complexity index is 334. The van der Waals surface area contributed by atoms with E-state index >= 15 is 0 Å². The maximum Gasteiger partial charge on any atom is 0.0494 e. The fourth-order valence-electron chi connectivity index (χ4n) is 1.64. The van der Waals surface area contributed by atoms with Gasteiger partial charge in [-0.25, -0.2) is 0 Å². The van der Waals surface area contributed by atoms with Gasteiger partial charge in [-0.1, -0.05) is 17.7 Å². The summed E-state index contributed by atoms with van der Waals surface area (Å²) in [6.45, 7) is 0. The van der Waals surface area contributed by atoms with Crippen LogP contribution in [0.15, 0.2) is 18.2 Å². The Kier molecular flexibility index (Phi) is 2.89. The number of benzene rings is 1. The average molecular weight is 230 g/mol. The van der Waals surface area contributed by atoms with Crippen LogP contribution in [0, 0.1) is 0 Å². The number of rotatable bonds is 3. The second-order valence-corrected chi connectivity index (χ2v) is 4.45. The molecular weight excluding hydrogens is 217 g/mol. The summed E-state index contributed by atoms with van der Waals surface area (Å²) in [6, 6.07) is 6.58. The highest BCUT2D eigenvalue weighted by Gasteiger charge is 2.27. The molecule has 0 radical (unpaired) electrons. The first kappa shape index (κ1) is 10.1. The molecule has 0 saturated heterocycles. The average Bonchev–Trinajstić information content (AvgIpc) is 3.00. The van der Waals surface area contributed by atoms with Crippen LogP contribution in [0.5, 0.6) is 0 Å². The highest BCUT2D eigenvalue weighted by molar-refractivity contribution is 6.31. The van der Waals surface area contributed by atoms with Crippen LogP contribution in [-0.4, -0.2) is 13.1 Å². The Morgan fingerprint density at radius 3 is 2.71 bits per heavy atom. The summed E-state index contributed by atoms with van der Waals surface area (Å²) in [5.74, 6) is 0.545. The van der Waals surface area contributed by atoms with Gasteiger partial charge in [-0.05, 0) is 30.5 Å². The van der Waals surface area contributed by atoms with Crippen molar-refractivity contribution in [3.8, 4) is 0 Å². The molecule has 1 aliphatic rings. The van der Waals surface area contributed by atoms with Gasteiger partial charge in [0.1, 0.15) is 0 Å². The molecule has 0 aliphatic heterocycles. The predicted molar refractivity (Wildman–Crippen MR) is 62.4 cm³/mol. The number of alkyl halides is 1. The number of hydrogen-bond donors (Lipinski definition) is 0. The molecule has 3 heteroatoms. The lowest BCUT2D eigenvalue weighted by Gasteiger charge is -2.21. The van der Waals surface area contributed by atoms with Crippen LogP contribution in [0.2, 0.25) is 5.02 Å². The van der Waals surface area contributed by atoms with Crippen molar-refractivity contribution in [2.45, 2.75) is 24.8 Å². The number of halogens is 2. The molecule has 0 N–H and O–H groups in total. The predicted octanol–water partition coefficient (Wildman–Crippen LogP) is 3.68. The minimum Gasteiger partial charge on any atom is -0.371 e. The van der Waals surface area contributed by atoms with Gasteiger partial charge < -0.3 is 4.90 Å². The molecule has 14 heavy (non-hydrogen) atoms. The standard InChI is InChI=1S/C11H13Cl2N/c1-14(10-4-5-10)11-6-9(13)3-2-8(11)7-12/h2-3,6,10H,4-5,7H2,1H3. The molecule has 0 spiro atoms. The van der Waals surface area contributed by atoms with Gasteiger partial charge in [0.05, 0.1) is 0 Å². The Balaban J connectivity index is 2.32. The number of nitrogens with zero attached hydrogens (tertiary/aromatic N) is 1. The molecule has 0 heterocycles. The maximum absolute atomic E-state index is 5.97. The maximum atomic E-state index is 5.97. The van der Waals surface area contributed by atoms with Crippen molar-refractivity contribution < 1.29 is 0 Å². The van der Waals surface area contributed by atoms with Crippen LogP contribution in [0.1, 0.15) is 18.4 Å². The topological polar surface area (TPSA) is 3.24 Å². The lowest BCUT2D eigenvalue weighted by atomic mass is 10.2. The smallest absolute Gasteiger partial charge is 0.0494 e.